The van der Waals surface area contributed by atoms with Crippen molar-refractivity contribution in [2.75, 3.05) is 0 Å². The first-order valence-electron chi connectivity index (χ1n) is 13.2. The Morgan fingerprint density at radius 2 is 0.925 bits per heavy atom. The van der Waals surface area contributed by atoms with Crippen LogP contribution in [0.3, 0.4) is 0 Å². The van der Waals surface area contributed by atoms with Crippen LogP contribution in [-0.2, 0) is 0 Å². The maximum Gasteiger partial charge on any atom is 0.134 e. The van der Waals surface area contributed by atoms with Gasteiger partial charge in [0.1, 0.15) is 10.1 Å². The Balaban J connectivity index is 1.20. The average Bonchev–Trinajstić information content (AvgIpc) is 3.02. The van der Waals surface area contributed by atoms with Gasteiger partial charge in [0, 0.05) is 9.79 Å². The number of fused-ring (bicyclic) bond motifs is 4. The number of nitrogens with zero attached hydrogens (tertiary/aromatic N) is 2. The molecule has 1 aliphatic heterocycles. The molecule has 0 radical (unpaired) electrons. The molecule has 0 amide bonds. The summed E-state index contributed by atoms with van der Waals surface area (Å²) in [5.41, 5.74) is 9.26. The molecule has 0 fully saturated rings. The van der Waals surface area contributed by atoms with E-state index in [1.54, 1.807) is 23.5 Å². The van der Waals surface area contributed by atoms with E-state index in [4.69, 9.17) is 9.97 Å². The second-order valence-corrected chi connectivity index (χ2v) is 11.9. The molecular weight excluding hydrogens is 525 g/mol. The molecule has 0 aliphatic carbocycles. The molecule has 0 spiro atoms. The molecule has 188 valence electrons. The Kier molecular flexibility index (Phi) is 5.68. The molecule has 1 aliphatic rings. The largest absolute Gasteiger partial charge is 0.237 e. The summed E-state index contributed by atoms with van der Waals surface area (Å²) in [6, 6.07) is 47.6. The first-order chi connectivity index (χ1) is 19.8. The SMILES string of the molecule is c1ccc(-c2cccc(-c3ccc(-c4ccc5c(c4)Sc4nc6ccccc6nc4S5)c4ccccc34)c2)cc1. The van der Waals surface area contributed by atoms with Crippen molar-refractivity contribution in [1.82, 2.24) is 9.97 Å². The van der Waals surface area contributed by atoms with Crippen molar-refractivity contribution < 1.29 is 0 Å². The van der Waals surface area contributed by atoms with Gasteiger partial charge >= 0.3 is 0 Å². The van der Waals surface area contributed by atoms with E-state index >= 15 is 0 Å². The average molecular weight is 547 g/mol. The Morgan fingerprint density at radius 3 is 1.62 bits per heavy atom. The van der Waals surface area contributed by atoms with Gasteiger partial charge in [0.05, 0.1) is 11.0 Å². The molecule has 2 heterocycles. The van der Waals surface area contributed by atoms with Gasteiger partial charge < -0.3 is 0 Å². The van der Waals surface area contributed by atoms with Gasteiger partial charge in [-0.1, -0.05) is 127 Å². The van der Waals surface area contributed by atoms with Crippen LogP contribution >= 0.6 is 23.5 Å². The van der Waals surface area contributed by atoms with Crippen LogP contribution in [0.4, 0.5) is 0 Å². The number of hydrogen-bond acceptors (Lipinski definition) is 4. The third-order valence-electron chi connectivity index (χ3n) is 7.38. The van der Waals surface area contributed by atoms with Crippen LogP contribution in [0.5, 0.6) is 0 Å². The minimum atomic E-state index is 0.937. The number of aromatic nitrogens is 2. The molecule has 7 aromatic rings. The van der Waals surface area contributed by atoms with Crippen molar-refractivity contribution >= 4 is 45.3 Å². The number of benzene rings is 6. The fourth-order valence-electron chi connectivity index (χ4n) is 5.45. The molecule has 40 heavy (non-hydrogen) atoms. The van der Waals surface area contributed by atoms with E-state index in [9.17, 15) is 0 Å². The lowest BCUT2D eigenvalue weighted by atomic mass is 9.91. The number of rotatable bonds is 3. The summed E-state index contributed by atoms with van der Waals surface area (Å²) in [7, 11) is 0. The second kappa shape index (κ2) is 9.67. The fraction of sp³-hybridized carbons (Fsp3) is 0. The summed E-state index contributed by atoms with van der Waals surface area (Å²) >= 11 is 3.43. The van der Waals surface area contributed by atoms with E-state index in [1.165, 1.54) is 53.9 Å². The van der Waals surface area contributed by atoms with Crippen LogP contribution in [0.2, 0.25) is 0 Å². The van der Waals surface area contributed by atoms with E-state index in [2.05, 4.69) is 109 Å². The van der Waals surface area contributed by atoms with Gasteiger partial charge in [0.25, 0.3) is 0 Å². The van der Waals surface area contributed by atoms with Gasteiger partial charge in [-0.25, -0.2) is 9.97 Å². The molecule has 1 aromatic heterocycles. The van der Waals surface area contributed by atoms with Gasteiger partial charge in [-0.2, -0.15) is 0 Å². The van der Waals surface area contributed by atoms with Crippen molar-refractivity contribution in [2.24, 2.45) is 0 Å². The summed E-state index contributed by atoms with van der Waals surface area (Å²) in [5.74, 6) is 0. The zero-order chi connectivity index (χ0) is 26.5. The molecule has 0 saturated heterocycles. The molecule has 0 bridgehead atoms. The molecule has 8 rings (SSSR count). The van der Waals surface area contributed by atoms with Gasteiger partial charge in [-0.3, -0.25) is 0 Å². The quantitative estimate of drug-likeness (QED) is 0.220. The predicted octanol–water partition coefficient (Wildman–Crippen LogP) is 10.4. The minimum Gasteiger partial charge on any atom is -0.237 e. The van der Waals surface area contributed by atoms with Crippen molar-refractivity contribution in [2.45, 2.75) is 19.8 Å². The Labute approximate surface area is 241 Å². The van der Waals surface area contributed by atoms with E-state index in [0.717, 1.165) is 21.1 Å². The Hall–Kier alpha value is -4.38. The van der Waals surface area contributed by atoms with Crippen molar-refractivity contribution in [3.05, 3.63) is 133 Å². The minimum absolute atomic E-state index is 0.937. The zero-order valence-electron chi connectivity index (χ0n) is 21.4. The summed E-state index contributed by atoms with van der Waals surface area (Å²) in [6.45, 7) is 0. The highest BCUT2D eigenvalue weighted by molar-refractivity contribution is 8.05. The van der Waals surface area contributed by atoms with Gasteiger partial charge in [0.2, 0.25) is 0 Å². The molecule has 0 atom stereocenters. The molecular formula is C36H22N2S2. The van der Waals surface area contributed by atoms with Crippen LogP contribution in [0.15, 0.2) is 153 Å². The zero-order valence-corrected chi connectivity index (χ0v) is 23.0. The summed E-state index contributed by atoms with van der Waals surface area (Å²) in [6.07, 6.45) is 0. The Bertz CT molecular complexity index is 2070. The van der Waals surface area contributed by atoms with E-state index in [0.29, 0.717) is 0 Å². The summed E-state index contributed by atoms with van der Waals surface area (Å²) in [4.78, 5) is 12.3. The third-order valence-corrected chi connectivity index (χ3v) is 9.73. The third kappa shape index (κ3) is 4.08. The maximum atomic E-state index is 4.92. The molecule has 2 nitrogen and oxygen atoms in total. The topological polar surface area (TPSA) is 25.8 Å². The fourth-order valence-corrected chi connectivity index (χ4v) is 7.57. The van der Waals surface area contributed by atoms with Crippen molar-refractivity contribution in [1.29, 1.82) is 0 Å². The van der Waals surface area contributed by atoms with Crippen molar-refractivity contribution in [3.63, 3.8) is 0 Å². The van der Waals surface area contributed by atoms with E-state index in [1.807, 2.05) is 24.3 Å². The smallest absolute Gasteiger partial charge is 0.134 e. The van der Waals surface area contributed by atoms with Gasteiger partial charge in [-0.15, -0.1) is 0 Å². The van der Waals surface area contributed by atoms with Crippen LogP contribution in [0.1, 0.15) is 0 Å². The lowest BCUT2D eigenvalue weighted by Gasteiger charge is -2.19. The summed E-state index contributed by atoms with van der Waals surface area (Å²) in [5, 5.41) is 4.47. The van der Waals surface area contributed by atoms with Crippen LogP contribution in [0, 0.1) is 0 Å². The van der Waals surface area contributed by atoms with Crippen LogP contribution in [0.25, 0.3) is 55.2 Å². The Morgan fingerprint density at radius 1 is 0.375 bits per heavy atom. The van der Waals surface area contributed by atoms with Gasteiger partial charge in [-0.05, 0) is 74.5 Å². The highest BCUT2D eigenvalue weighted by Gasteiger charge is 2.21. The van der Waals surface area contributed by atoms with E-state index < -0.39 is 0 Å². The lowest BCUT2D eigenvalue weighted by molar-refractivity contribution is 0.953. The molecule has 6 aromatic carbocycles. The highest BCUT2D eigenvalue weighted by atomic mass is 32.2. The maximum absolute atomic E-state index is 4.92. The molecule has 4 heteroatoms. The van der Waals surface area contributed by atoms with Gasteiger partial charge in [0.15, 0.2) is 0 Å². The molecule has 0 N–H and O–H groups in total. The number of hydrogen-bond donors (Lipinski definition) is 0. The van der Waals surface area contributed by atoms with E-state index in [-0.39, 0.29) is 0 Å². The second-order valence-electron chi connectivity index (χ2n) is 9.84. The van der Waals surface area contributed by atoms with Crippen LogP contribution in [-0.4, -0.2) is 9.97 Å². The first-order valence-corrected chi connectivity index (χ1v) is 14.9. The monoisotopic (exact) mass is 546 g/mol. The predicted molar refractivity (Wildman–Crippen MR) is 168 cm³/mol. The van der Waals surface area contributed by atoms with Crippen molar-refractivity contribution in [3.8, 4) is 33.4 Å². The first kappa shape index (κ1) is 23.5. The number of para-hydroxylation sites is 2. The summed E-state index contributed by atoms with van der Waals surface area (Å²) < 4.78 is 0. The molecule has 0 saturated carbocycles. The molecule has 0 unspecified atom stereocenters. The highest BCUT2D eigenvalue weighted by Crippen LogP contribution is 2.49. The van der Waals surface area contributed by atoms with Crippen LogP contribution < -0.4 is 0 Å². The lowest BCUT2D eigenvalue weighted by Crippen LogP contribution is -1.97. The standard InChI is InChI=1S/C36H22N2S2/c1-2-9-23(10-3-1)24-11-8-12-25(21-24)27-18-19-28(30-14-5-4-13-29(27)30)26-17-20-33-34(22-26)40-36-35(39-33)37-31-15-6-7-16-32(31)38-36/h1-22H. The normalized spacial score (nSPS) is 12.3.